The molecular formula is C20H34N2O3. The first kappa shape index (κ1) is 19.9. The van der Waals surface area contributed by atoms with Crippen molar-refractivity contribution in [2.75, 3.05) is 39.3 Å². The van der Waals surface area contributed by atoms with E-state index >= 15 is 0 Å². The Labute approximate surface area is 152 Å². The third kappa shape index (κ3) is 6.75. The number of aliphatic hydroxyl groups excluding tert-OH is 1. The van der Waals surface area contributed by atoms with Crippen molar-refractivity contribution in [1.29, 1.82) is 0 Å². The molecule has 25 heavy (non-hydrogen) atoms. The van der Waals surface area contributed by atoms with Gasteiger partial charge in [-0.1, -0.05) is 19.9 Å². The van der Waals surface area contributed by atoms with Crippen molar-refractivity contribution < 1.29 is 14.6 Å². The summed E-state index contributed by atoms with van der Waals surface area (Å²) in [5.41, 5.74) is 0. The van der Waals surface area contributed by atoms with Crippen LogP contribution in [-0.2, 0) is 9.47 Å². The molecule has 1 fully saturated rings. The lowest BCUT2D eigenvalue weighted by atomic mass is 10.1. The lowest BCUT2D eigenvalue weighted by Gasteiger charge is -2.32. The van der Waals surface area contributed by atoms with E-state index in [1.165, 1.54) is 0 Å². The molecule has 1 aliphatic carbocycles. The van der Waals surface area contributed by atoms with Crippen LogP contribution in [0.2, 0.25) is 0 Å². The topological polar surface area (TPSA) is 45.2 Å². The van der Waals surface area contributed by atoms with E-state index in [0.717, 1.165) is 70.8 Å². The van der Waals surface area contributed by atoms with Crippen LogP contribution in [0.15, 0.2) is 36.4 Å². The lowest BCUT2D eigenvalue weighted by Crippen LogP contribution is -2.36. The second-order valence-electron chi connectivity index (χ2n) is 6.70. The largest absolute Gasteiger partial charge is 0.495 e. The van der Waals surface area contributed by atoms with E-state index in [1.54, 1.807) is 0 Å². The first-order valence-electron chi connectivity index (χ1n) is 9.64. The monoisotopic (exact) mass is 350 g/mol. The minimum Gasteiger partial charge on any atom is -0.495 e. The van der Waals surface area contributed by atoms with Crippen LogP contribution >= 0.6 is 0 Å². The first-order chi connectivity index (χ1) is 12.1. The highest BCUT2D eigenvalue weighted by Crippen LogP contribution is 2.21. The molecule has 1 heterocycles. The minimum atomic E-state index is 0.164. The molecular weight excluding hydrogens is 316 g/mol. The van der Waals surface area contributed by atoms with Gasteiger partial charge < -0.3 is 24.4 Å². The summed E-state index contributed by atoms with van der Waals surface area (Å²) in [6, 6.07) is 0. The fraction of sp³-hybridized carbons (Fsp3) is 0.700. The van der Waals surface area contributed by atoms with Gasteiger partial charge in [-0.3, -0.25) is 0 Å². The molecule has 0 aromatic heterocycles. The van der Waals surface area contributed by atoms with Crippen molar-refractivity contribution >= 4 is 0 Å². The second kappa shape index (κ2) is 10.5. The predicted octanol–water partition coefficient (Wildman–Crippen LogP) is 3.46. The van der Waals surface area contributed by atoms with Gasteiger partial charge in [-0.2, -0.15) is 0 Å². The van der Waals surface area contributed by atoms with Gasteiger partial charge in [0.05, 0.1) is 12.7 Å². The molecule has 0 bridgehead atoms. The van der Waals surface area contributed by atoms with E-state index in [1.807, 2.05) is 4.90 Å². The van der Waals surface area contributed by atoms with Gasteiger partial charge in [0, 0.05) is 32.5 Å². The second-order valence-corrected chi connectivity index (χ2v) is 6.70. The molecule has 142 valence electrons. The summed E-state index contributed by atoms with van der Waals surface area (Å²) in [5.74, 6) is 1.12. The average molecular weight is 351 g/mol. The predicted molar refractivity (Wildman–Crippen MR) is 101 cm³/mol. The summed E-state index contributed by atoms with van der Waals surface area (Å²) in [5, 5.41) is 9.44. The molecule has 1 atom stereocenters. The Morgan fingerprint density at radius 3 is 2.64 bits per heavy atom. The van der Waals surface area contributed by atoms with Crippen LogP contribution in [0.25, 0.3) is 0 Å². The Balaban J connectivity index is 1.71. The molecule has 2 rings (SSSR count). The molecule has 0 saturated carbocycles. The van der Waals surface area contributed by atoms with Gasteiger partial charge in [-0.05, 0) is 44.7 Å². The third-order valence-electron chi connectivity index (χ3n) is 5.02. The molecule has 1 saturated heterocycles. The first-order valence-corrected chi connectivity index (χ1v) is 9.64. The highest BCUT2D eigenvalue weighted by molar-refractivity contribution is 5.16. The molecule has 1 N–H and O–H groups in total. The van der Waals surface area contributed by atoms with Crippen molar-refractivity contribution in [2.24, 2.45) is 0 Å². The van der Waals surface area contributed by atoms with E-state index in [2.05, 4.69) is 43.6 Å². The van der Waals surface area contributed by atoms with Gasteiger partial charge in [0.1, 0.15) is 11.9 Å². The van der Waals surface area contributed by atoms with Gasteiger partial charge in [0.2, 0.25) is 0 Å². The van der Waals surface area contributed by atoms with E-state index in [0.29, 0.717) is 0 Å². The molecule has 2 aliphatic rings. The zero-order valence-electron chi connectivity index (χ0n) is 15.8. The standard InChI is InChI=1S/C20H34N2O3/c1-4-21(5-2)15-16-24-18-7-6-8-19(10-9-18)25-20-11-13-22(14-12-20)17(3)23/h8-10,18,20,23H,3-7,11-16H2,1-2H3. The summed E-state index contributed by atoms with van der Waals surface area (Å²) in [6.07, 6.45) is 10.6. The van der Waals surface area contributed by atoms with Crippen LogP contribution in [0.3, 0.4) is 0 Å². The molecule has 0 aromatic rings. The normalized spacial score (nSPS) is 22.0. The maximum atomic E-state index is 9.44. The van der Waals surface area contributed by atoms with E-state index in [9.17, 15) is 5.11 Å². The Morgan fingerprint density at radius 1 is 1.28 bits per heavy atom. The highest BCUT2D eigenvalue weighted by Gasteiger charge is 2.21. The Bertz CT molecular complexity index is 464. The fourth-order valence-electron chi connectivity index (χ4n) is 3.28. The molecule has 0 amide bonds. The summed E-state index contributed by atoms with van der Waals surface area (Å²) in [4.78, 5) is 4.28. The van der Waals surface area contributed by atoms with Gasteiger partial charge in [0.15, 0.2) is 5.88 Å². The number of hydrogen-bond acceptors (Lipinski definition) is 5. The van der Waals surface area contributed by atoms with E-state index in [4.69, 9.17) is 9.47 Å². The van der Waals surface area contributed by atoms with Crippen LogP contribution in [0, 0.1) is 0 Å². The Hall–Kier alpha value is -1.46. The van der Waals surface area contributed by atoms with Crippen LogP contribution < -0.4 is 0 Å². The van der Waals surface area contributed by atoms with Gasteiger partial charge in [-0.15, -0.1) is 0 Å². The molecule has 5 heteroatoms. The van der Waals surface area contributed by atoms with Crippen molar-refractivity contribution in [1.82, 2.24) is 9.80 Å². The van der Waals surface area contributed by atoms with Crippen molar-refractivity contribution in [2.45, 2.75) is 51.7 Å². The van der Waals surface area contributed by atoms with E-state index in [-0.39, 0.29) is 18.1 Å². The number of piperidine rings is 1. The summed E-state index contributed by atoms with van der Waals surface area (Å²) < 4.78 is 12.2. The number of nitrogens with zero attached hydrogens (tertiary/aromatic N) is 2. The molecule has 0 aromatic carbocycles. The SMILES string of the molecule is C=C(O)N1CCC(OC2=CCCC(OCCN(CC)CC)C=C2)CC1. The van der Waals surface area contributed by atoms with Gasteiger partial charge >= 0.3 is 0 Å². The lowest BCUT2D eigenvalue weighted by molar-refractivity contribution is 0.0506. The van der Waals surface area contributed by atoms with Crippen LogP contribution in [0.5, 0.6) is 0 Å². The highest BCUT2D eigenvalue weighted by atomic mass is 16.5. The van der Waals surface area contributed by atoms with Crippen LogP contribution in [-0.4, -0.2) is 66.4 Å². The number of allylic oxidation sites excluding steroid dienone is 2. The third-order valence-corrected chi connectivity index (χ3v) is 5.02. The van der Waals surface area contributed by atoms with Crippen molar-refractivity contribution in [3.05, 3.63) is 36.4 Å². The minimum absolute atomic E-state index is 0.164. The molecule has 0 spiro atoms. The molecule has 1 aliphatic heterocycles. The number of likely N-dealkylation sites (tertiary alicyclic amines) is 1. The Kier molecular flexibility index (Phi) is 8.35. The van der Waals surface area contributed by atoms with Gasteiger partial charge in [-0.25, -0.2) is 0 Å². The molecule has 5 nitrogen and oxygen atoms in total. The zero-order valence-corrected chi connectivity index (χ0v) is 15.8. The number of aliphatic hydroxyl groups is 1. The number of rotatable bonds is 9. The fourth-order valence-corrected chi connectivity index (χ4v) is 3.28. The van der Waals surface area contributed by atoms with Crippen molar-refractivity contribution in [3.63, 3.8) is 0 Å². The van der Waals surface area contributed by atoms with E-state index < -0.39 is 0 Å². The van der Waals surface area contributed by atoms with Crippen LogP contribution in [0.1, 0.15) is 39.5 Å². The maximum Gasteiger partial charge on any atom is 0.179 e. The average Bonchev–Trinajstić information content (AvgIpc) is 2.84. The molecule has 0 radical (unpaired) electrons. The number of likely N-dealkylation sites (N-methyl/N-ethyl adjacent to an activating group) is 1. The maximum absolute atomic E-state index is 9.44. The number of hydrogen-bond donors (Lipinski definition) is 1. The zero-order chi connectivity index (χ0) is 18.1. The summed E-state index contributed by atoms with van der Waals surface area (Å²) >= 11 is 0. The quantitative estimate of drug-likeness (QED) is 0.645. The summed E-state index contributed by atoms with van der Waals surface area (Å²) in [6.45, 7) is 13.5. The Morgan fingerprint density at radius 2 is 2.00 bits per heavy atom. The van der Waals surface area contributed by atoms with Crippen molar-refractivity contribution in [3.8, 4) is 0 Å². The van der Waals surface area contributed by atoms with Gasteiger partial charge in [0.25, 0.3) is 0 Å². The van der Waals surface area contributed by atoms with Crippen LogP contribution in [0.4, 0.5) is 0 Å². The summed E-state index contributed by atoms with van der Waals surface area (Å²) in [7, 11) is 0. The smallest absolute Gasteiger partial charge is 0.179 e. The number of ether oxygens (including phenoxy) is 2. The molecule has 1 unspecified atom stereocenters.